The Labute approximate surface area is 146 Å². The quantitative estimate of drug-likeness (QED) is 0.679. The van der Waals surface area contributed by atoms with Crippen molar-refractivity contribution in [1.29, 1.82) is 0 Å². The van der Waals surface area contributed by atoms with E-state index in [1.807, 2.05) is 42.0 Å². The average Bonchev–Trinajstić information content (AvgIpc) is 3.30. The molecule has 0 saturated carbocycles. The molecule has 132 valence electrons. The number of aliphatic hydroxyl groups excluding tert-OH is 1. The Kier molecular flexibility index (Phi) is 5.57. The normalized spacial score (nSPS) is 12.4. The Bertz CT molecular complexity index is 780. The molecule has 3 aromatic rings. The zero-order chi connectivity index (χ0) is 17.6. The second-order valence-electron chi connectivity index (χ2n) is 5.86. The van der Waals surface area contributed by atoms with Crippen LogP contribution in [-0.2, 0) is 17.7 Å². The number of rotatable bonds is 8. The molecule has 0 aliphatic rings. The molecule has 2 aromatic heterocycles. The van der Waals surface area contributed by atoms with E-state index >= 15 is 0 Å². The topological polar surface area (TPSA) is 78.0 Å². The number of aromatic nitrogens is 5. The zero-order valence-electron chi connectivity index (χ0n) is 14.5. The SMILES string of the molecule is CC[C@H](O)Cn1nc(CCOC)nc1-c1ccc(-n2ccnc2)cc1. The molecule has 0 fully saturated rings. The Morgan fingerprint density at radius 3 is 2.68 bits per heavy atom. The molecule has 1 N–H and O–H groups in total. The number of methoxy groups -OCH3 is 1. The third-order valence-electron chi connectivity index (χ3n) is 4.03. The highest BCUT2D eigenvalue weighted by Gasteiger charge is 2.14. The first-order valence-corrected chi connectivity index (χ1v) is 8.40. The molecule has 0 saturated heterocycles. The van der Waals surface area contributed by atoms with Gasteiger partial charge < -0.3 is 14.4 Å². The van der Waals surface area contributed by atoms with Crippen LogP contribution in [0.15, 0.2) is 43.0 Å². The van der Waals surface area contributed by atoms with Gasteiger partial charge in [-0.2, -0.15) is 5.10 Å². The number of hydrogen-bond acceptors (Lipinski definition) is 5. The minimum atomic E-state index is -0.444. The molecule has 3 rings (SSSR count). The fraction of sp³-hybridized carbons (Fsp3) is 0.389. The van der Waals surface area contributed by atoms with Crippen molar-refractivity contribution in [2.75, 3.05) is 13.7 Å². The summed E-state index contributed by atoms with van der Waals surface area (Å²) < 4.78 is 8.84. The molecule has 1 aromatic carbocycles. The first kappa shape index (κ1) is 17.3. The average molecular weight is 341 g/mol. The summed E-state index contributed by atoms with van der Waals surface area (Å²) in [6, 6.07) is 8.05. The highest BCUT2D eigenvalue weighted by Crippen LogP contribution is 2.20. The molecule has 0 aliphatic carbocycles. The van der Waals surface area contributed by atoms with E-state index in [0.717, 1.165) is 22.9 Å². The fourth-order valence-electron chi connectivity index (χ4n) is 2.55. The van der Waals surface area contributed by atoms with Crippen LogP contribution < -0.4 is 0 Å². The first-order valence-electron chi connectivity index (χ1n) is 8.40. The summed E-state index contributed by atoms with van der Waals surface area (Å²) in [6.45, 7) is 2.95. The smallest absolute Gasteiger partial charge is 0.158 e. The Morgan fingerprint density at radius 2 is 2.04 bits per heavy atom. The zero-order valence-corrected chi connectivity index (χ0v) is 14.5. The second kappa shape index (κ2) is 8.04. The molecule has 25 heavy (non-hydrogen) atoms. The van der Waals surface area contributed by atoms with Crippen LogP contribution in [0, 0.1) is 0 Å². The Balaban J connectivity index is 1.89. The van der Waals surface area contributed by atoms with Crippen molar-refractivity contribution in [2.45, 2.75) is 32.4 Å². The van der Waals surface area contributed by atoms with Gasteiger partial charge in [-0.15, -0.1) is 0 Å². The van der Waals surface area contributed by atoms with E-state index in [9.17, 15) is 5.11 Å². The van der Waals surface area contributed by atoms with E-state index in [1.54, 1.807) is 24.3 Å². The monoisotopic (exact) mass is 341 g/mol. The van der Waals surface area contributed by atoms with Gasteiger partial charge in [0.15, 0.2) is 11.6 Å². The van der Waals surface area contributed by atoms with Gasteiger partial charge in [-0.3, -0.25) is 0 Å². The molecular formula is C18H23N5O2. The van der Waals surface area contributed by atoms with Gasteiger partial charge in [0.1, 0.15) is 0 Å². The van der Waals surface area contributed by atoms with E-state index in [1.165, 1.54) is 0 Å². The molecule has 0 spiro atoms. The largest absolute Gasteiger partial charge is 0.391 e. The molecule has 2 heterocycles. The molecule has 0 unspecified atom stereocenters. The maximum Gasteiger partial charge on any atom is 0.158 e. The van der Waals surface area contributed by atoms with E-state index in [-0.39, 0.29) is 0 Å². The number of hydrogen-bond donors (Lipinski definition) is 1. The van der Waals surface area contributed by atoms with Gasteiger partial charge in [-0.1, -0.05) is 6.92 Å². The van der Waals surface area contributed by atoms with E-state index < -0.39 is 6.10 Å². The third-order valence-corrected chi connectivity index (χ3v) is 4.03. The van der Waals surface area contributed by atoms with Crippen LogP contribution in [0.25, 0.3) is 17.1 Å². The lowest BCUT2D eigenvalue weighted by atomic mass is 10.2. The van der Waals surface area contributed by atoms with Crippen molar-refractivity contribution >= 4 is 0 Å². The van der Waals surface area contributed by atoms with E-state index in [4.69, 9.17) is 4.74 Å². The van der Waals surface area contributed by atoms with Crippen LogP contribution in [0.2, 0.25) is 0 Å². The summed E-state index contributed by atoms with van der Waals surface area (Å²) >= 11 is 0. The van der Waals surface area contributed by atoms with E-state index in [0.29, 0.717) is 26.0 Å². The van der Waals surface area contributed by atoms with Crippen molar-refractivity contribution in [1.82, 2.24) is 24.3 Å². The van der Waals surface area contributed by atoms with Crippen molar-refractivity contribution in [2.24, 2.45) is 0 Å². The lowest BCUT2D eigenvalue weighted by Crippen LogP contribution is -2.17. The van der Waals surface area contributed by atoms with Gasteiger partial charge in [0.05, 0.1) is 25.6 Å². The molecule has 0 radical (unpaired) electrons. The second-order valence-corrected chi connectivity index (χ2v) is 5.86. The standard InChI is InChI=1S/C18H23N5O2/c1-3-16(24)12-23-18(20-17(21-23)8-11-25-2)14-4-6-15(7-5-14)22-10-9-19-13-22/h4-7,9-10,13,16,24H,3,8,11-12H2,1-2H3/t16-/m0/s1. The Morgan fingerprint density at radius 1 is 1.24 bits per heavy atom. The first-order chi connectivity index (χ1) is 12.2. The van der Waals surface area contributed by atoms with Gasteiger partial charge in [0.25, 0.3) is 0 Å². The number of aliphatic hydroxyl groups is 1. The van der Waals surface area contributed by atoms with Crippen LogP contribution in [0.5, 0.6) is 0 Å². The van der Waals surface area contributed by atoms with Crippen LogP contribution in [0.3, 0.4) is 0 Å². The number of nitrogens with zero attached hydrogens (tertiary/aromatic N) is 5. The van der Waals surface area contributed by atoms with E-state index in [2.05, 4.69) is 15.1 Å². The Hall–Kier alpha value is -2.51. The van der Waals surface area contributed by atoms with Gasteiger partial charge >= 0.3 is 0 Å². The van der Waals surface area contributed by atoms with Crippen molar-refractivity contribution in [3.05, 3.63) is 48.8 Å². The van der Waals surface area contributed by atoms with Crippen molar-refractivity contribution in [3.63, 3.8) is 0 Å². The third kappa shape index (κ3) is 4.12. The lowest BCUT2D eigenvalue weighted by molar-refractivity contribution is 0.145. The molecule has 0 aliphatic heterocycles. The maximum atomic E-state index is 10.0. The number of ether oxygens (including phenoxy) is 1. The molecular weight excluding hydrogens is 318 g/mol. The van der Waals surface area contributed by atoms with Crippen LogP contribution in [-0.4, -0.2) is 49.2 Å². The molecule has 7 nitrogen and oxygen atoms in total. The lowest BCUT2D eigenvalue weighted by Gasteiger charge is -2.10. The van der Waals surface area contributed by atoms with Crippen LogP contribution in [0.4, 0.5) is 0 Å². The highest BCUT2D eigenvalue weighted by atomic mass is 16.5. The van der Waals surface area contributed by atoms with Gasteiger partial charge in [0, 0.05) is 37.2 Å². The highest BCUT2D eigenvalue weighted by molar-refractivity contribution is 5.57. The fourth-order valence-corrected chi connectivity index (χ4v) is 2.55. The van der Waals surface area contributed by atoms with Crippen LogP contribution >= 0.6 is 0 Å². The number of imidazole rings is 1. The minimum absolute atomic E-state index is 0.426. The predicted molar refractivity (Wildman–Crippen MR) is 94.5 cm³/mol. The molecule has 1 atom stereocenters. The predicted octanol–water partition coefficient (Wildman–Crippen LogP) is 2.09. The molecule has 0 amide bonds. The minimum Gasteiger partial charge on any atom is -0.391 e. The van der Waals surface area contributed by atoms with Crippen LogP contribution in [0.1, 0.15) is 19.2 Å². The molecule has 7 heteroatoms. The summed E-state index contributed by atoms with van der Waals surface area (Å²) in [5.74, 6) is 1.48. The summed E-state index contributed by atoms with van der Waals surface area (Å²) in [6.07, 6.45) is 6.29. The van der Waals surface area contributed by atoms with Gasteiger partial charge in [-0.05, 0) is 30.7 Å². The van der Waals surface area contributed by atoms with Gasteiger partial charge in [0.2, 0.25) is 0 Å². The summed E-state index contributed by atoms with van der Waals surface area (Å²) in [4.78, 5) is 8.70. The van der Waals surface area contributed by atoms with Crippen molar-refractivity contribution in [3.8, 4) is 17.1 Å². The number of benzene rings is 1. The summed E-state index contributed by atoms with van der Waals surface area (Å²) in [5.41, 5.74) is 1.99. The summed E-state index contributed by atoms with van der Waals surface area (Å²) in [5, 5.41) is 14.5. The van der Waals surface area contributed by atoms with Gasteiger partial charge in [-0.25, -0.2) is 14.6 Å². The van der Waals surface area contributed by atoms with Crippen molar-refractivity contribution < 1.29 is 9.84 Å². The summed E-state index contributed by atoms with van der Waals surface area (Å²) in [7, 11) is 1.66. The molecule has 0 bridgehead atoms. The maximum absolute atomic E-state index is 10.0.